The molecule has 6 rings (SSSR count). The molecule has 1 fully saturated rings. The molecule has 0 spiro atoms. The number of nitrogens with zero attached hydrogens (tertiary/aromatic N) is 4. The van der Waals surface area contributed by atoms with Crippen molar-refractivity contribution < 1.29 is 23.5 Å². The Kier molecular flexibility index (Phi) is 7.79. The number of hydrogen-bond acceptors (Lipinski definition) is 6. The minimum Gasteiger partial charge on any atom is -0.494 e. The molecule has 0 radical (unpaired) electrons. The summed E-state index contributed by atoms with van der Waals surface area (Å²) in [6, 6.07) is 25.3. The molecular formula is C34H31FN4O4. The van der Waals surface area contributed by atoms with Gasteiger partial charge in [-0.1, -0.05) is 30.3 Å². The predicted octanol–water partition coefficient (Wildman–Crippen LogP) is 5.98. The molecule has 0 unspecified atom stereocenters. The van der Waals surface area contributed by atoms with Crippen molar-refractivity contribution in [1.29, 1.82) is 0 Å². The van der Waals surface area contributed by atoms with Crippen LogP contribution in [0.5, 0.6) is 5.75 Å². The average Bonchev–Trinajstić information content (AvgIpc) is 3.50. The summed E-state index contributed by atoms with van der Waals surface area (Å²) >= 11 is 0. The molecule has 5 aromatic rings. The van der Waals surface area contributed by atoms with E-state index in [2.05, 4.69) is 4.90 Å². The topological polar surface area (TPSA) is 76.9 Å². The zero-order valence-corrected chi connectivity index (χ0v) is 24.0. The number of carbonyl (C=O) groups excluding carboxylic acids is 2. The van der Waals surface area contributed by atoms with E-state index >= 15 is 0 Å². The van der Waals surface area contributed by atoms with E-state index in [1.54, 1.807) is 23.2 Å². The summed E-state index contributed by atoms with van der Waals surface area (Å²) in [7, 11) is 1.38. The van der Waals surface area contributed by atoms with Crippen molar-refractivity contribution in [3.63, 3.8) is 0 Å². The van der Waals surface area contributed by atoms with Gasteiger partial charge >= 0.3 is 5.97 Å². The van der Waals surface area contributed by atoms with Gasteiger partial charge in [-0.2, -0.15) is 0 Å². The van der Waals surface area contributed by atoms with Crippen LogP contribution in [0.3, 0.4) is 0 Å². The van der Waals surface area contributed by atoms with E-state index in [-0.39, 0.29) is 17.4 Å². The van der Waals surface area contributed by atoms with Gasteiger partial charge in [-0.3, -0.25) is 9.36 Å². The molecule has 0 aliphatic carbocycles. The zero-order chi connectivity index (χ0) is 29.9. The summed E-state index contributed by atoms with van der Waals surface area (Å²) < 4.78 is 26.3. The Morgan fingerprint density at radius 2 is 1.60 bits per heavy atom. The van der Waals surface area contributed by atoms with Gasteiger partial charge in [0, 0.05) is 44.0 Å². The molecule has 8 nitrogen and oxygen atoms in total. The summed E-state index contributed by atoms with van der Waals surface area (Å²) in [5.74, 6) is 0.273. The fourth-order valence-electron chi connectivity index (χ4n) is 5.45. The molecule has 4 aromatic carbocycles. The average molecular weight is 579 g/mol. The molecule has 0 bridgehead atoms. The van der Waals surface area contributed by atoms with Gasteiger partial charge in [-0.05, 0) is 66.2 Å². The first kappa shape index (κ1) is 28.0. The summed E-state index contributed by atoms with van der Waals surface area (Å²) in [6.45, 7) is 4.41. The number of imidazole rings is 1. The molecule has 218 valence electrons. The number of methoxy groups -OCH3 is 1. The quantitative estimate of drug-likeness (QED) is 0.221. The number of amides is 1. The van der Waals surface area contributed by atoms with Gasteiger partial charge < -0.3 is 19.3 Å². The fourth-order valence-corrected chi connectivity index (χ4v) is 5.45. The van der Waals surface area contributed by atoms with Crippen LogP contribution in [0.1, 0.15) is 27.8 Å². The van der Waals surface area contributed by atoms with Crippen molar-refractivity contribution in [2.24, 2.45) is 0 Å². The monoisotopic (exact) mass is 578 g/mol. The SMILES string of the molecule is CCOc1cccc(-n2cc(C(=O)N3CCN(c4cc5ccccc5cc4C(=O)OC)CC3)nc2-c2ccc(F)cc2)c1. The number of hydrogen-bond donors (Lipinski definition) is 0. The molecule has 9 heteroatoms. The Morgan fingerprint density at radius 3 is 2.30 bits per heavy atom. The number of piperazine rings is 1. The van der Waals surface area contributed by atoms with E-state index in [0.29, 0.717) is 55.5 Å². The highest BCUT2D eigenvalue weighted by Crippen LogP contribution is 2.30. The Labute approximate surface area is 248 Å². The van der Waals surface area contributed by atoms with Crippen LogP contribution >= 0.6 is 0 Å². The first-order chi connectivity index (χ1) is 20.9. The van der Waals surface area contributed by atoms with Crippen molar-refractivity contribution in [2.45, 2.75) is 6.92 Å². The molecule has 2 heterocycles. The number of ether oxygens (including phenoxy) is 2. The van der Waals surface area contributed by atoms with Crippen molar-refractivity contribution in [1.82, 2.24) is 14.5 Å². The largest absolute Gasteiger partial charge is 0.494 e. The summed E-state index contributed by atoms with van der Waals surface area (Å²) in [5.41, 5.74) is 3.02. The van der Waals surface area contributed by atoms with E-state index in [1.165, 1.54) is 19.2 Å². The summed E-state index contributed by atoms with van der Waals surface area (Å²) in [4.78, 5) is 35.1. The van der Waals surface area contributed by atoms with E-state index in [4.69, 9.17) is 14.5 Å². The number of halogens is 1. The lowest BCUT2D eigenvalue weighted by Gasteiger charge is -2.36. The highest BCUT2D eigenvalue weighted by Gasteiger charge is 2.28. The third-order valence-corrected chi connectivity index (χ3v) is 7.61. The maximum absolute atomic E-state index is 13.8. The highest BCUT2D eigenvalue weighted by atomic mass is 19.1. The first-order valence-corrected chi connectivity index (χ1v) is 14.2. The maximum Gasteiger partial charge on any atom is 0.339 e. The molecule has 1 amide bonds. The fraction of sp³-hybridized carbons (Fsp3) is 0.206. The van der Waals surface area contributed by atoms with Crippen LogP contribution in [0.2, 0.25) is 0 Å². The van der Waals surface area contributed by atoms with Crippen LogP contribution in [-0.4, -0.2) is 66.2 Å². The number of aromatic nitrogens is 2. The number of rotatable bonds is 7. The van der Waals surface area contributed by atoms with Gasteiger partial charge in [0.25, 0.3) is 5.91 Å². The molecule has 0 saturated carbocycles. The van der Waals surface area contributed by atoms with Gasteiger partial charge in [0.1, 0.15) is 23.1 Å². The van der Waals surface area contributed by atoms with Crippen LogP contribution in [0.15, 0.2) is 91.1 Å². The van der Waals surface area contributed by atoms with Gasteiger partial charge in [-0.15, -0.1) is 0 Å². The first-order valence-electron chi connectivity index (χ1n) is 14.2. The normalized spacial score (nSPS) is 13.3. The van der Waals surface area contributed by atoms with Crippen LogP contribution < -0.4 is 9.64 Å². The van der Waals surface area contributed by atoms with Crippen molar-refractivity contribution >= 4 is 28.3 Å². The van der Waals surface area contributed by atoms with Gasteiger partial charge in [0.05, 0.1) is 30.7 Å². The number of anilines is 1. The number of esters is 1. The molecule has 1 aliphatic rings. The summed E-state index contributed by atoms with van der Waals surface area (Å²) in [6.07, 6.45) is 1.72. The van der Waals surface area contributed by atoms with E-state index in [0.717, 1.165) is 22.1 Å². The van der Waals surface area contributed by atoms with Crippen molar-refractivity contribution in [2.75, 3.05) is 44.8 Å². The molecule has 43 heavy (non-hydrogen) atoms. The lowest BCUT2D eigenvalue weighted by Crippen LogP contribution is -2.49. The van der Waals surface area contributed by atoms with Crippen molar-refractivity contribution in [3.8, 4) is 22.8 Å². The third-order valence-electron chi connectivity index (χ3n) is 7.61. The van der Waals surface area contributed by atoms with E-state index < -0.39 is 5.97 Å². The lowest BCUT2D eigenvalue weighted by atomic mass is 10.0. The minimum atomic E-state index is -0.397. The second-order valence-electron chi connectivity index (χ2n) is 10.2. The standard InChI is InChI=1S/C34H31FN4O4/c1-3-43-28-10-6-9-27(21-28)39-22-30(36-32(39)23-11-13-26(35)14-12-23)33(40)38-17-15-37(16-18-38)31-20-25-8-5-4-7-24(25)19-29(31)34(41)42-2/h4-14,19-22H,3,15-18H2,1-2H3. The van der Waals surface area contributed by atoms with Gasteiger partial charge in [0.15, 0.2) is 0 Å². The molecular weight excluding hydrogens is 547 g/mol. The van der Waals surface area contributed by atoms with Crippen LogP contribution in [-0.2, 0) is 4.74 Å². The molecule has 0 N–H and O–H groups in total. The Hall–Kier alpha value is -5.18. The second-order valence-corrected chi connectivity index (χ2v) is 10.2. The number of fused-ring (bicyclic) bond motifs is 1. The van der Waals surface area contributed by atoms with Crippen LogP contribution in [0.25, 0.3) is 27.8 Å². The summed E-state index contributed by atoms with van der Waals surface area (Å²) in [5, 5.41) is 1.98. The van der Waals surface area contributed by atoms with Crippen molar-refractivity contribution in [3.05, 3.63) is 108 Å². The molecule has 0 atom stereocenters. The third kappa shape index (κ3) is 5.66. The Bertz CT molecular complexity index is 1790. The maximum atomic E-state index is 13.8. The molecule has 1 aliphatic heterocycles. The number of carbonyl (C=O) groups is 2. The Morgan fingerprint density at radius 1 is 0.884 bits per heavy atom. The van der Waals surface area contributed by atoms with Crippen LogP contribution in [0.4, 0.5) is 10.1 Å². The second kappa shape index (κ2) is 12.0. The number of benzene rings is 4. The van der Waals surface area contributed by atoms with E-state index in [1.807, 2.05) is 72.2 Å². The van der Waals surface area contributed by atoms with Crippen LogP contribution in [0, 0.1) is 5.82 Å². The zero-order valence-electron chi connectivity index (χ0n) is 24.0. The minimum absolute atomic E-state index is 0.200. The highest BCUT2D eigenvalue weighted by molar-refractivity contribution is 6.02. The van der Waals surface area contributed by atoms with Gasteiger partial charge in [0.2, 0.25) is 0 Å². The molecule has 1 aromatic heterocycles. The molecule has 1 saturated heterocycles. The smallest absolute Gasteiger partial charge is 0.339 e. The lowest BCUT2D eigenvalue weighted by molar-refractivity contribution is 0.0600. The predicted molar refractivity (Wildman–Crippen MR) is 164 cm³/mol. The van der Waals surface area contributed by atoms with E-state index in [9.17, 15) is 14.0 Å². The Balaban J connectivity index is 1.27. The van der Waals surface area contributed by atoms with Gasteiger partial charge in [-0.25, -0.2) is 14.2 Å².